The second kappa shape index (κ2) is 6.57. The summed E-state index contributed by atoms with van der Waals surface area (Å²) in [4.78, 5) is 37.0. The molecule has 6 atom stereocenters. The van der Waals surface area contributed by atoms with Crippen LogP contribution in [0.3, 0.4) is 0 Å². The molecule has 5 aliphatic rings. The highest BCUT2D eigenvalue weighted by molar-refractivity contribution is 6.00. The summed E-state index contributed by atoms with van der Waals surface area (Å²) in [5.41, 5.74) is -3.64. The van der Waals surface area contributed by atoms with Crippen molar-refractivity contribution in [2.24, 2.45) is 16.7 Å². The van der Waals surface area contributed by atoms with Gasteiger partial charge in [-0.3, -0.25) is 9.59 Å². The molecule has 1 amide bonds. The number of phenolic OH excluding ortho intramolecular Hbond substituents is 1. The molecule has 2 saturated carbocycles. The zero-order chi connectivity index (χ0) is 24.0. The van der Waals surface area contributed by atoms with Gasteiger partial charge in [-0.1, -0.05) is 13.0 Å². The molecular weight excluding hydrogens is 430 g/mol. The number of carboxylic acid groups (broad SMARTS) is 1. The van der Waals surface area contributed by atoms with Gasteiger partial charge in [0.15, 0.2) is 11.5 Å². The molecule has 3 aliphatic carbocycles. The van der Waals surface area contributed by atoms with Gasteiger partial charge < -0.3 is 30.5 Å². The smallest absolute Gasteiger partial charge is 0.339 e. The number of carboxylic acids is 1. The molecule has 9 nitrogen and oxygen atoms in total. The van der Waals surface area contributed by atoms with Crippen molar-refractivity contribution in [2.75, 3.05) is 5.32 Å². The molecular formula is C24H27NO8. The summed E-state index contributed by atoms with van der Waals surface area (Å²) < 4.78 is 6.26. The van der Waals surface area contributed by atoms with Crippen LogP contribution in [0.1, 0.15) is 56.3 Å². The molecule has 1 aromatic rings. The van der Waals surface area contributed by atoms with Crippen LogP contribution in [0.15, 0.2) is 24.3 Å². The summed E-state index contributed by atoms with van der Waals surface area (Å²) in [6, 6.07) is 2.11. The molecule has 9 heteroatoms. The lowest BCUT2D eigenvalue weighted by Gasteiger charge is -2.55. The van der Waals surface area contributed by atoms with E-state index in [1.54, 1.807) is 6.08 Å². The Balaban J connectivity index is 1.37. The van der Waals surface area contributed by atoms with Gasteiger partial charge in [0.2, 0.25) is 5.91 Å². The molecule has 4 fully saturated rings. The SMILES string of the molecule is CC12CC34C=CC(=O)[C@@](C)(CCC(=O)Nc5c(O)ccc(C(=O)O)c5O)C3C(C[C@]1(O)C4)O2. The van der Waals surface area contributed by atoms with Gasteiger partial charge >= 0.3 is 5.97 Å². The van der Waals surface area contributed by atoms with Crippen molar-refractivity contribution in [2.45, 2.75) is 63.3 Å². The number of carbonyl (C=O) groups excluding carboxylic acids is 2. The molecule has 2 aliphatic heterocycles. The fourth-order valence-electron chi connectivity index (χ4n) is 7.09. The van der Waals surface area contributed by atoms with E-state index in [1.165, 1.54) is 0 Å². The van der Waals surface area contributed by atoms with Gasteiger partial charge in [-0.15, -0.1) is 0 Å². The number of hydrogen-bond donors (Lipinski definition) is 5. The highest BCUT2D eigenvalue weighted by atomic mass is 16.5. The van der Waals surface area contributed by atoms with Gasteiger partial charge in [0.1, 0.15) is 17.0 Å². The maximum atomic E-state index is 13.1. The van der Waals surface area contributed by atoms with E-state index in [9.17, 15) is 29.7 Å². The predicted octanol–water partition coefficient (Wildman–Crippen LogP) is 2.35. The van der Waals surface area contributed by atoms with E-state index >= 15 is 0 Å². The van der Waals surface area contributed by atoms with Crippen LogP contribution in [0, 0.1) is 16.7 Å². The average molecular weight is 457 g/mol. The molecule has 5 N–H and O–H groups in total. The highest BCUT2D eigenvalue weighted by Gasteiger charge is 2.77. The third kappa shape index (κ3) is 2.81. The van der Waals surface area contributed by atoms with Crippen LogP contribution in [0.4, 0.5) is 5.69 Å². The van der Waals surface area contributed by atoms with Crippen LogP contribution in [0.5, 0.6) is 11.5 Å². The minimum absolute atomic E-state index is 0.0902. The van der Waals surface area contributed by atoms with E-state index in [2.05, 4.69) is 5.32 Å². The number of allylic oxidation sites excluding steroid dienone is 2. The van der Waals surface area contributed by atoms with Gasteiger partial charge in [0, 0.05) is 29.6 Å². The minimum Gasteiger partial charge on any atom is -0.506 e. The largest absolute Gasteiger partial charge is 0.506 e. The third-order valence-electron chi connectivity index (χ3n) is 8.55. The Morgan fingerprint density at radius 2 is 1.94 bits per heavy atom. The monoisotopic (exact) mass is 457 g/mol. The first-order valence-corrected chi connectivity index (χ1v) is 11.1. The Morgan fingerprint density at radius 3 is 2.61 bits per heavy atom. The number of anilines is 1. The number of aliphatic hydroxyl groups is 1. The fourth-order valence-corrected chi connectivity index (χ4v) is 7.09. The number of rotatable bonds is 5. The van der Waals surface area contributed by atoms with E-state index in [4.69, 9.17) is 9.84 Å². The van der Waals surface area contributed by atoms with Gasteiger partial charge in [-0.25, -0.2) is 4.79 Å². The Hall–Kier alpha value is -2.91. The highest BCUT2D eigenvalue weighted by Crippen LogP contribution is 2.72. The Bertz CT molecular complexity index is 1110. The number of ether oxygens (including phenoxy) is 1. The van der Waals surface area contributed by atoms with Crippen molar-refractivity contribution >= 4 is 23.3 Å². The van der Waals surface area contributed by atoms with Gasteiger partial charge in [0.25, 0.3) is 0 Å². The molecule has 0 aromatic heterocycles. The Morgan fingerprint density at radius 1 is 1.21 bits per heavy atom. The van der Waals surface area contributed by atoms with Crippen LogP contribution < -0.4 is 5.32 Å². The molecule has 4 unspecified atom stereocenters. The van der Waals surface area contributed by atoms with Crippen molar-refractivity contribution in [3.05, 3.63) is 29.8 Å². The summed E-state index contributed by atoms with van der Waals surface area (Å²) in [6.07, 6.45) is 4.92. The third-order valence-corrected chi connectivity index (χ3v) is 8.55. The Kier molecular flexibility index (Phi) is 4.36. The summed E-state index contributed by atoms with van der Waals surface area (Å²) in [6.45, 7) is 3.76. The maximum Gasteiger partial charge on any atom is 0.339 e. The van der Waals surface area contributed by atoms with Crippen molar-refractivity contribution in [1.29, 1.82) is 0 Å². The van der Waals surface area contributed by atoms with E-state index < -0.39 is 45.6 Å². The van der Waals surface area contributed by atoms with E-state index in [-0.39, 0.29) is 41.7 Å². The topological polar surface area (TPSA) is 153 Å². The second-order valence-electron chi connectivity index (χ2n) is 10.5. The number of aromatic hydroxyl groups is 2. The molecule has 6 rings (SSSR count). The van der Waals surface area contributed by atoms with E-state index in [0.29, 0.717) is 19.3 Å². The predicted molar refractivity (Wildman–Crippen MR) is 115 cm³/mol. The summed E-state index contributed by atoms with van der Waals surface area (Å²) in [7, 11) is 0. The lowest BCUT2D eigenvalue weighted by Crippen LogP contribution is -2.56. The molecule has 2 heterocycles. The number of nitrogens with one attached hydrogen (secondary N) is 1. The lowest BCUT2D eigenvalue weighted by atomic mass is 9.50. The Labute approximate surface area is 190 Å². The van der Waals surface area contributed by atoms with Gasteiger partial charge in [0.05, 0.1) is 17.3 Å². The standard InChI is InChI=1S/C24H27NO8/c1-21(7-6-16(28)25-17-13(26)4-3-12(18(17)29)20(30)31)15(27)5-8-23-10-22(2)24(32,11-23)9-14(33-22)19(21)23/h3-5,8,14,19,26,29,32H,6-7,9-11H2,1-2H3,(H,25,28)(H,30,31)/t14?,19?,21-,22?,23?,24+/m1/s1. The molecule has 0 radical (unpaired) electrons. The maximum absolute atomic E-state index is 13.1. The minimum atomic E-state index is -1.40. The summed E-state index contributed by atoms with van der Waals surface area (Å²) in [5, 5.41) is 42.8. The second-order valence-corrected chi connectivity index (χ2v) is 10.5. The summed E-state index contributed by atoms with van der Waals surface area (Å²) >= 11 is 0. The molecule has 33 heavy (non-hydrogen) atoms. The van der Waals surface area contributed by atoms with Crippen LogP contribution >= 0.6 is 0 Å². The molecule has 1 spiro atoms. The van der Waals surface area contributed by atoms with Crippen molar-refractivity contribution in [3.63, 3.8) is 0 Å². The normalized spacial score (nSPS) is 40.2. The lowest BCUT2D eigenvalue weighted by molar-refractivity contribution is -0.171. The fraction of sp³-hybridized carbons (Fsp3) is 0.542. The number of ketones is 1. The first kappa shape index (κ1) is 21.9. The van der Waals surface area contributed by atoms with Gasteiger partial charge in [-0.2, -0.15) is 0 Å². The first-order chi connectivity index (χ1) is 15.3. The van der Waals surface area contributed by atoms with Crippen LogP contribution in [0.2, 0.25) is 0 Å². The molecule has 4 bridgehead atoms. The van der Waals surface area contributed by atoms with Crippen LogP contribution in [0.25, 0.3) is 0 Å². The molecule has 176 valence electrons. The number of phenols is 2. The van der Waals surface area contributed by atoms with Crippen LogP contribution in [-0.4, -0.2) is 55.4 Å². The number of benzene rings is 1. The van der Waals surface area contributed by atoms with Gasteiger partial charge in [-0.05, 0) is 44.4 Å². The van der Waals surface area contributed by atoms with Crippen LogP contribution in [-0.2, 0) is 14.3 Å². The number of aromatic carboxylic acids is 1. The quantitative estimate of drug-likeness (QED) is 0.422. The zero-order valence-electron chi connectivity index (χ0n) is 18.4. The van der Waals surface area contributed by atoms with Crippen molar-refractivity contribution in [1.82, 2.24) is 0 Å². The first-order valence-electron chi connectivity index (χ1n) is 11.1. The molecule has 2 saturated heterocycles. The zero-order valence-corrected chi connectivity index (χ0v) is 18.4. The average Bonchev–Trinajstić information content (AvgIpc) is 3.01. The molecule has 1 aromatic carbocycles. The van der Waals surface area contributed by atoms with E-state index in [1.807, 2.05) is 19.9 Å². The number of carbonyl (C=O) groups is 3. The summed E-state index contributed by atoms with van der Waals surface area (Å²) in [5.74, 6) is -3.45. The van der Waals surface area contributed by atoms with Crippen molar-refractivity contribution in [3.8, 4) is 11.5 Å². The van der Waals surface area contributed by atoms with E-state index in [0.717, 1.165) is 12.1 Å². The van der Waals surface area contributed by atoms with Crippen molar-refractivity contribution < 1.29 is 39.5 Å². The number of hydrogen-bond acceptors (Lipinski definition) is 7. The number of amides is 1.